The second-order valence-electron chi connectivity index (χ2n) is 3.10. The number of primary amides is 1. The molecule has 1 rings (SSSR count). The molecule has 0 aliphatic carbocycles. The Labute approximate surface area is 91.9 Å². The first-order valence-corrected chi connectivity index (χ1v) is 5.10. The van der Waals surface area contributed by atoms with E-state index in [2.05, 4.69) is 15.9 Å². The summed E-state index contributed by atoms with van der Waals surface area (Å²) < 4.78 is 1.02. The van der Waals surface area contributed by atoms with Gasteiger partial charge in [-0.15, -0.1) is 0 Å². The van der Waals surface area contributed by atoms with Crippen LogP contribution < -0.4 is 5.73 Å². The molecule has 0 aliphatic rings. The summed E-state index contributed by atoms with van der Waals surface area (Å²) in [5, 5.41) is 0. The van der Waals surface area contributed by atoms with Crippen LogP contribution in [-0.4, -0.2) is 5.91 Å². The van der Waals surface area contributed by atoms with E-state index in [1.54, 1.807) is 6.08 Å². The van der Waals surface area contributed by atoms with Crippen LogP contribution in [0.1, 0.15) is 17.5 Å². The summed E-state index contributed by atoms with van der Waals surface area (Å²) in [6, 6.07) is 6.05. The van der Waals surface area contributed by atoms with Crippen molar-refractivity contribution in [3.63, 3.8) is 0 Å². The van der Waals surface area contributed by atoms with Crippen LogP contribution in [0, 0.1) is 6.92 Å². The molecular weight excluding hydrogens is 242 g/mol. The van der Waals surface area contributed by atoms with Crippen LogP contribution in [0.2, 0.25) is 0 Å². The Morgan fingerprint density at radius 3 is 2.93 bits per heavy atom. The van der Waals surface area contributed by atoms with Crippen molar-refractivity contribution in [2.45, 2.75) is 13.3 Å². The topological polar surface area (TPSA) is 43.1 Å². The third-order valence-corrected chi connectivity index (χ3v) is 2.49. The quantitative estimate of drug-likeness (QED) is 0.885. The summed E-state index contributed by atoms with van der Waals surface area (Å²) in [5.41, 5.74) is 7.27. The van der Waals surface area contributed by atoms with Crippen molar-refractivity contribution < 1.29 is 4.79 Å². The number of carbonyl (C=O) groups excluding carboxylic acids is 1. The van der Waals surface area contributed by atoms with E-state index in [1.165, 1.54) is 5.56 Å². The van der Waals surface area contributed by atoms with Crippen LogP contribution in [0.3, 0.4) is 0 Å². The highest BCUT2D eigenvalue weighted by atomic mass is 79.9. The lowest BCUT2D eigenvalue weighted by Crippen LogP contribution is -2.07. The average molecular weight is 254 g/mol. The van der Waals surface area contributed by atoms with Gasteiger partial charge in [0.2, 0.25) is 5.91 Å². The van der Waals surface area contributed by atoms with Crippen molar-refractivity contribution in [3.05, 3.63) is 39.9 Å². The molecule has 1 aromatic carbocycles. The van der Waals surface area contributed by atoms with Crippen molar-refractivity contribution >= 4 is 27.9 Å². The SMILES string of the molecule is Cc1ccc(Br)c(C=CCC(N)=O)c1. The fourth-order valence-corrected chi connectivity index (χ4v) is 1.47. The lowest BCUT2D eigenvalue weighted by Gasteiger charge is -1.99. The standard InChI is InChI=1S/C11H12BrNO/c1-8-5-6-10(12)9(7-8)3-2-4-11(13)14/h2-3,5-7H,4H2,1H3,(H2,13,14). The number of benzene rings is 1. The van der Waals surface area contributed by atoms with E-state index in [4.69, 9.17) is 5.73 Å². The van der Waals surface area contributed by atoms with E-state index in [0.717, 1.165) is 10.0 Å². The van der Waals surface area contributed by atoms with Gasteiger partial charge in [-0.05, 0) is 18.6 Å². The number of halogens is 1. The summed E-state index contributed by atoms with van der Waals surface area (Å²) in [7, 11) is 0. The normalized spacial score (nSPS) is 10.7. The van der Waals surface area contributed by atoms with Gasteiger partial charge in [0.05, 0.1) is 0 Å². The Bertz CT molecular complexity index is 372. The van der Waals surface area contributed by atoms with E-state index in [0.29, 0.717) is 0 Å². The van der Waals surface area contributed by atoms with Gasteiger partial charge >= 0.3 is 0 Å². The third-order valence-electron chi connectivity index (χ3n) is 1.77. The molecule has 74 valence electrons. The molecule has 0 bridgehead atoms. The number of hydrogen-bond donors (Lipinski definition) is 1. The predicted molar refractivity (Wildman–Crippen MR) is 61.7 cm³/mol. The molecule has 14 heavy (non-hydrogen) atoms. The number of hydrogen-bond acceptors (Lipinski definition) is 1. The monoisotopic (exact) mass is 253 g/mol. The molecule has 0 unspecified atom stereocenters. The molecule has 0 aliphatic heterocycles. The molecule has 2 N–H and O–H groups in total. The molecule has 0 atom stereocenters. The van der Waals surface area contributed by atoms with E-state index >= 15 is 0 Å². The van der Waals surface area contributed by atoms with Crippen LogP contribution in [0.5, 0.6) is 0 Å². The molecule has 0 spiro atoms. The van der Waals surface area contributed by atoms with Crippen LogP contribution in [0.4, 0.5) is 0 Å². The molecule has 0 saturated carbocycles. The highest BCUT2D eigenvalue weighted by molar-refractivity contribution is 9.10. The molecule has 0 saturated heterocycles. The summed E-state index contributed by atoms with van der Waals surface area (Å²) >= 11 is 3.43. The summed E-state index contributed by atoms with van der Waals surface area (Å²) in [6.07, 6.45) is 3.93. The Hall–Kier alpha value is -1.09. The summed E-state index contributed by atoms with van der Waals surface area (Å²) in [4.78, 5) is 10.5. The molecule has 2 nitrogen and oxygen atoms in total. The number of nitrogens with two attached hydrogens (primary N) is 1. The van der Waals surface area contributed by atoms with E-state index in [9.17, 15) is 4.79 Å². The fourth-order valence-electron chi connectivity index (χ4n) is 1.09. The first kappa shape index (κ1) is 11.0. The van der Waals surface area contributed by atoms with Crippen molar-refractivity contribution in [3.8, 4) is 0 Å². The molecule has 3 heteroatoms. The predicted octanol–water partition coefficient (Wildman–Crippen LogP) is 2.65. The van der Waals surface area contributed by atoms with Gasteiger partial charge in [-0.3, -0.25) is 4.79 Å². The van der Waals surface area contributed by atoms with Gasteiger partial charge in [-0.25, -0.2) is 0 Å². The largest absolute Gasteiger partial charge is 0.369 e. The van der Waals surface area contributed by atoms with E-state index in [1.807, 2.05) is 31.2 Å². The molecule has 0 heterocycles. The number of amides is 1. The molecular formula is C11H12BrNO. The molecule has 0 aromatic heterocycles. The molecule has 1 aromatic rings. The highest BCUT2D eigenvalue weighted by Crippen LogP contribution is 2.19. The number of carbonyl (C=O) groups is 1. The zero-order valence-corrected chi connectivity index (χ0v) is 9.54. The lowest BCUT2D eigenvalue weighted by molar-refractivity contribution is -0.117. The minimum atomic E-state index is -0.315. The van der Waals surface area contributed by atoms with Crippen LogP contribution in [0.15, 0.2) is 28.7 Å². The van der Waals surface area contributed by atoms with Crippen molar-refractivity contribution in [1.82, 2.24) is 0 Å². The maximum absolute atomic E-state index is 10.5. The third kappa shape index (κ3) is 3.34. The number of aryl methyl sites for hydroxylation is 1. The highest BCUT2D eigenvalue weighted by Gasteiger charge is 1.95. The zero-order chi connectivity index (χ0) is 10.6. The van der Waals surface area contributed by atoms with E-state index in [-0.39, 0.29) is 12.3 Å². The Kier molecular flexibility index (Phi) is 3.89. The second kappa shape index (κ2) is 4.96. The molecule has 0 fully saturated rings. The lowest BCUT2D eigenvalue weighted by atomic mass is 10.1. The van der Waals surface area contributed by atoms with Gasteiger partial charge < -0.3 is 5.73 Å². The van der Waals surface area contributed by atoms with Gasteiger partial charge in [-0.2, -0.15) is 0 Å². The van der Waals surface area contributed by atoms with Crippen LogP contribution >= 0.6 is 15.9 Å². The van der Waals surface area contributed by atoms with Crippen LogP contribution in [-0.2, 0) is 4.79 Å². The first-order chi connectivity index (χ1) is 6.59. The smallest absolute Gasteiger partial charge is 0.221 e. The van der Waals surface area contributed by atoms with Gasteiger partial charge in [0.25, 0.3) is 0 Å². The van der Waals surface area contributed by atoms with Gasteiger partial charge in [-0.1, -0.05) is 45.8 Å². The van der Waals surface area contributed by atoms with Gasteiger partial charge in [0, 0.05) is 10.9 Å². The van der Waals surface area contributed by atoms with Crippen LogP contribution in [0.25, 0.3) is 6.08 Å². The average Bonchev–Trinajstić information content (AvgIpc) is 2.10. The second-order valence-corrected chi connectivity index (χ2v) is 3.95. The Morgan fingerprint density at radius 2 is 2.29 bits per heavy atom. The maximum Gasteiger partial charge on any atom is 0.221 e. The Balaban J connectivity index is 2.80. The van der Waals surface area contributed by atoms with Crippen molar-refractivity contribution in [2.75, 3.05) is 0 Å². The molecule has 1 amide bonds. The van der Waals surface area contributed by atoms with Gasteiger partial charge in [0.1, 0.15) is 0 Å². The summed E-state index contributed by atoms with van der Waals surface area (Å²) in [6.45, 7) is 2.03. The zero-order valence-electron chi connectivity index (χ0n) is 7.96. The van der Waals surface area contributed by atoms with Crippen molar-refractivity contribution in [2.24, 2.45) is 5.73 Å². The minimum absolute atomic E-state index is 0.278. The number of rotatable bonds is 3. The molecule has 0 radical (unpaired) electrons. The van der Waals surface area contributed by atoms with Crippen molar-refractivity contribution in [1.29, 1.82) is 0 Å². The first-order valence-electron chi connectivity index (χ1n) is 4.30. The summed E-state index contributed by atoms with van der Waals surface area (Å²) in [5.74, 6) is -0.315. The minimum Gasteiger partial charge on any atom is -0.369 e. The van der Waals surface area contributed by atoms with E-state index < -0.39 is 0 Å². The fraction of sp³-hybridized carbons (Fsp3) is 0.182. The Morgan fingerprint density at radius 1 is 1.57 bits per heavy atom. The van der Waals surface area contributed by atoms with Gasteiger partial charge in [0.15, 0.2) is 0 Å². The maximum atomic E-state index is 10.5.